The minimum atomic E-state index is -0.826. The van der Waals surface area contributed by atoms with Gasteiger partial charge in [0.25, 0.3) is 0 Å². The van der Waals surface area contributed by atoms with Gasteiger partial charge in [0.1, 0.15) is 0 Å². The van der Waals surface area contributed by atoms with Gasteiger partial charge in [-0.15, -0.1) is 0 Å². The molecule has 2 heterocycles. The standard InChI is InChI=1S/C17H35N5O2/c1-4-18-16(19-11-15-5-6-21(3)12-15)20-13-17(2,23)14-22-7-9-24-10-8-22/h15,23H,4-14H2,1-3H3,(H2,18,19,20). The smallest absolute Gasteiger partial charge is 0.191 e. The molecule has 0 aliphatic carbocycles. The zero-order chi connectivity index (χ0) is 17.4. The number of likely N-dealkylation sites (tertiary alicyclic amines) is 1. The minimum Gasteiger partial charge on any atom is -0.387 e. The number of aliphatic imine (C=N–C) groups is 1. The molecule has 2 fully saturated rings. The fourth-order valence-electron chi connectivity index (χ4n) is 3.32. The number of rotatable bonds is 7. The zero-order valence-electron chi connectivity index (χ0n) is 15.6. The van der Waals surface area contributed by atoms with E-state index in [1.54, 1.807) is 0 Å². The second kappa shape index (κ2) is 9.56. The van der Waals surface area contributed by atoms with Crippen LogP contribution in [0.1, 0.15) is 20.3 Å². The Morgan fingerprint density at radius 1 is 1.29 bits per heavy atom. The molecule has 2 aliphatic rings. The quantitative estimate of drug-likeness (QED) is 0.431. The molecule has 7 heteroatoms. The van der Waals surface area contributed by atoms with E-state index in [4.69, 9.17) is 4.74 Å². The fourth-order valence-corrected chi connectivity index (χ4v) is 3.32. The van der Waals surface area contributed by atoms with Crippen LogP contribution >= 0.6 is 0 Å². The van der Waals surface area contributed by atoms with Gasteiger partial charge in [0.05, 0.1) is 25.4 Å². The summed E-state index contributed by atoms with van der Waals surface area (Å²) in [4.78, 5) is 9.21. The summed E-state index contributed by atoms with van der Waals surface area (Å²) in [5, 5.41) is 17.3. The van der Waals surface area contributed by atoms with Crippen molar-refractivity contribution in [2.24, 2.45) is 10.9 Å². The SMILES string of the molecule is CCNC(=NCC(C)(O)CN1CCOCC1)NCC1CCN(C)C1. The Kier molecular flexibility index (Phi) is 7.74. The minimum absolute atomic E-state index is 0.393. The van der Waals surface area contributed by atoms with Crippen LogP contribution in [0.4, 0.5) is 0 Å². The molecule has 0 saturated carbocycles. The lowest BCUT2D eigenvalue weighted by Gasteiger charge is -2.33. The van der Waals surface area contributed by atoms with Crippen LogP contribution < -0.4 is 10.6 Å². The van der Waals surface area contributed by atoms with E-state index < -0.39 is 5.60 Å². The highest BCUT2D eigenvalue weighted by atomic mass is 16.5. The van der Waals surface area contributed by atoms with Crippen molar-refractivity contribution in [3.05, 3.63) is 0 Å². The summed E-state index contributed by atoms with van der Waals surface area (Å²) >= 11 is 0. The number of nitrogens with zero attached hydrogens (tertiary/aromatic N) is 3. The lowest BCUT2D eigenvalue weighted by atomic mass is 10.1. The first kappa shape index (κ1) is 19.4. The van der Waals surface area contributed by atoms with Gasteiger partial charge in [0, 0.05) is 39.3 Å². The van der Waals surface area contributed by atoms with Gasteiger partial charge in [-0.05, 0) is 39.8 Å². The molecule has 24 heavy (non-hydrogen) atoms. The van der Waals surface area contributed by atoms with Crippen LogP contribution in [0.5, 0.6) is 0 Å². The van der Waals surface area contributed by atoms with Crippen molar-refractivity contribution in [1.29, 1.82) is 0 Å². The number of morpholine rings is 1. The summed E-state index contributed by atoms with van der Waals surface area (Å²) in [6.07, 6.45) is 1.23. The highest BCUT2D eigenvalue weighted by Gasteiger charge is 2.25. The normalized spacial score (nSPS) is 26.3. The zero-order valence-corrected chi connectivity index (χ0v) is 15.6. The number of nitrogens with one attached hydrogen (secondary N) is 2. The van der Waals surface area contributed by atoms with E-state index in [9.17, 15) is 5.11 Å². The molecule has 0 bridgehead atoms. The third-order valence-corrected chi connectivity index (χ3v) is 4.64. The van der Waals surface area contributed by atoms with Crippen LogP contribution in [-0.2, 0) is 4.74 Å². The Bertz CT molecular complexity index is 396. The van der Waals surface area contributed by atoms with Gasteiger partial charge in [0.2, 0.25) is 0 Å². The molecule has 2 aliphatic heterocycles. The molecular formula is C17H35N5O2. The lowest BCUT2D eigenvalue weighted by Crippen LogP contribution is -2.48. The van der Waals surface area contributed by atoms with Gasteiger partial charge >= 0.3 is 0 Å². The number of hydrogen-bond acceptors (Lipinski definition) is 5. The first-order chi connectivity index (χ1) is 11.5. The van der Waals surface area contributed by atoms with E-state index in [1.807, 2.05) is 6.92 Å². The monoisotopic (exact) mass is 341 g/mol. The topological polar surface area (TPSA) is 72.4 Å². The van der Waals surface area contributed by atoms with Crippen LogP contribution in [0.3, 0.4) is 0 Å². The van der Waals surface area contributed by atoms with Crippen molar-refractivity contribution in [2.45, 2.75) is 25.9 Å². The van der Waals surface area contributed by atoms with Crippen molar-refractivity contribution < 1.29 is 9.84 Å². The van der Waals surface area contributed by atoms with Gasteiger partial charge in [-0.3, -0.25) is 9.89 Å². The van der Waals surface area contributed by atoms with Crippen LogP contribution in [0.2, 0.25) is 0 Å². The van der Waals surface area contributed by atoms with E-state index >= 15 is 0 Å². The number of aliphatic hydroxyl groups is 1. The lowest BCUT2D eigenvalue weighted by molar-refractivity contribution is -0.0179. The maximum absolute atomic E-state index is 10.6. The number of β-amino-alcohol motifs (C(OH)–C–C–N with tert-alkyl or cyclic N) is 1. The number of hydrogen-bond donors (Lipinski definition) is 3. The maximum atomic E-state index is 10.6. The van der Waals surface area contributed by atoms with Crippen LogP contribution in [0.15, 0.2) is 4.99 Å². The highest BCUT2D eigenvalue weighted by molar-refractivity contribution is 5.79. The first-order valence-corrected chi connectivity index (χ1v) is 9.22. The third kappa shape index (κ3) is 6.93. The molecule has 3 N–H and O–H groups in total. The predicted octanol–water partition coefficient (Wildman–Crippen LogP) is -0.424. The third-order valence-electron chi connectivity index (χ3n) is 4.64. The molecule has 2 rings (SSSR count). The van der Waals surface area contributed by atoms with Crippen LogP contribution in [-0.4, -0.2) is 99.1 Å². The second-order valence-electron chi connectivity index (χ2n) is 7.38. The second-order valence-corrected chi connectivity index (χ2v) is 7.38. The van der Waals surface area contributed by atoms with E-state index in [0.29, 0.717) is 19.0 Å². The van der Waals surface area contributed by atoms with Crippen LogP contribution in [0.25, 0.3) is 0 Å². The van der Waals surface area contributed by atoms with Gasteiger partial charge in [0.15, 0.2) is 5.96 Å². The van der Waals surface area contributed by atoms with Crippen LogP contribution in [0, 0.1) is 5.92 Å². The van der Waals surface area contributed by atoms with E-state index in [0.717, 1.165) is 51.9 Å². The molecule has 0 aromatic carbocycles. The average Bonchev–Trinajstić information content (AvgIpc) is 2.96. The molecule has 2 saturated heterocycles. The summed E-state index contributed by atoms with van der Waals surface area (Å²) in [7, 11) is 2.17. The van der Waals surface area contributed by atoms with Crippen molar-refractivity contribution in [3.8, 4) is 0 Å². The highest BCUT2D eigenvalue weighted by Crippen LogP contribution is 2.13. The molecule has 140 valence electrons. The van der Waals surface area contributed by atoms with Gasteiger partial charge in [-0.25, -0.2) is 0 Å². The molecular weight excluding hydrogens is 306 g/mol. The van der Waals surface area contributed by atoms with Gasteiger partial charge < -0.3 is 25.4 Å². The molecule has 7 nitrogen and oxygen atoms in total. The number of ether oxygens (including phenoxy) is 1. The summed E-state index contributed by atoms with van der Waals surface area (Å²) in [5.74, 6) is 1.47. The Labute approximate surface area is 146 Å². The van der Waals surface area contributed by atoms with Gasteiger partial charge in [-0.1, -0.05) is 0 Å². The Morgan fingerprint density at radius 3 is 2.67 bits per heavy atom. The van der Waals surface area contributed by atoms with E-state index in [-0.39, 0.29) is 0 Å². The average molecular weight is 342 g/mol. The molecule has 0 aromatic heterocycles. The Morgan fingerprint density at radius 2 is 2.04 bits per heavy atom. The summed E-state index contributed by atoms with van der Waals surface area (Å²) < 4.78 is 5.36. The summed E-state index contributed by atoms with van der Waals surface area (Å²) in [6.45, 7) is 12.3. The summed E-state index contributed by atoms with van der Waals surface area (Å²) in [5.41, 5.74) is -0.826. The van der Waals surface area contributed by atoms with Crippen molar-refractivity contribution in [1.82, 2.24) is 20.4 Å². The molecule has 0 spiro atoms. The molecule has 0 amide bonds. The molecule has 0 aromatic rings. The largest absolute Gasteiger partial charge is 0.387 e. The Balaban J connectivity index is 1.79. The van der Waals surface area contributed by atoms with Crippen molar-refractivity contribution >= 4 is 5.96 Å². The van der Waals surface area contributed by atoms with Gasteiger partial charge in [-0.2, -0.15) is 0 Å². The van der Waals surface area contributed by atoms with Crippen molar-refractivity contribution in [3.63, 3.8) is 0 Å². The Hall–Kier alpha value is -0.890. The molecule has 0 radical (unpaired) electrons. The van der Waals surface area contributed by atoms with Crippen molar-refractivity contribution in [2.75, 3.05) is 72.6 Å². The molecule has 2 unspecified atom stereocenters. The fraction of sp³-hybridized carbons (Fsp3) is 0.941. The predicted molar refractivity (Wildman–Crippen MR) is 97.5 cm³/mol. The molecule has 2 atom stereocenters. The summed E-state index contributed by atoms with van der Waals surface area (Å²) in [6, 6.07) is 0. The van der Waals surface area contributed by atoms with E-state index in [2.05, 4.69) is 39.4 Å². The maximum Gasteiger partial charge on any atom is 0.191 e. The van der Waals surface area contributed by atoms with E-state index in [1.165, 1.54) is 13.0 Å². The number of guanidine groups is 1. The first-order valence-electron chi connectivity index (χ1n) is 9.22.